The van der Waals surface area contributed by atoms with Crippen LogP contribution in [0, 0.1) is 0 Å². The van der Waals surface area contributed by atoms with Crippen molar-refractivity contribution in [3.05, 3.63) is 12.2 Å². The zero-order chi connectivity index (χ0) is 16.6. The maximum absolute atomic E-state index is 9.83. The van der Waals surface area contributed by atoms with Crippen LogP contribution in [0.2, 0.25) is 0 Å². The molecule has 0 radical (unpaired) electrons. The van der Waals surface area contributed by atoms with Crippen molar-refractivity contribution >= 4 is 0 Å². The van der Waals surface area contributed by atoms with Crippen LogP contribution >= 0.6 is 0 Å². The number of ether oxygens (including phenoxy) is 1. The Bertz CT molecular complexity index is 275. The molecule has 0 amide bonds. The molecule has 0 aromatic rings. The standard InChI is InChI=1S/C21H40O2/c1-2-3-4-5-6-7-8-9-10-11-12-13-14-15-18-21-20(22)17-16-19-23-21/h11-12,20-22H,2-10,13-19H2,1H3. The summed E-state index contributed by atoms with van der Waals surface area (Å²) in [4.78, 5) is 0. The van der Waals surface area contributed by atoms with Gasteiger partial charge in [0.25, 0.3) is 0 Å². The van der Waals surface area contributed by atoms with Gasteiger partial charge in [0.1, 0.15) is 0 Å². The molecule has 0 saturated carbocycles. The van der Waals surface area contributed by atoms with Crippen molar-refractivity contribution in [1.29, 1.82) is 0 Å². The number of hydrogen-bond acceptors (Lipinski definition) is 2. The third kappa shape index (κ3) is 11.8. The number of rotatable bonds is 14. The van der Waals surface area contributed by atoms with Gasteiger partial charge in [0.2, 0.25) is 0 Å². The van der Waals surface area contributed by atoms with E-state index >= 15 is 0 Å². The number of unbranched alkanes of at least 4 members (excludes halogenated alkanes) is 10. The van der Waals surface area contributed by atoms with Crippen molar-refractivity contribution in [1.82, 2.24) is 0 Å². The Morgan fingerprint density at radius 1 is 0.870 bits per heavy atom. The van der Waals surface area contributed by atoms with Gasteiger partial charge < -0.3 is 9.84 Å². The quantitative estimate of drug-likeness (QED) is 0.305. The molecule has 136 valence electrons. The van der Waals surface area contributed by atoms with E-state index in [0.29, 0.717) is 0 Å². The zero-order valence-electron chi connectivity index (χ0n) is 15.5. The van der Waals surface area contributed by atoms with Crippen molar-refractivity contribution in [2.75, 3.05) is 6.61 Å². The van der Waals surface area contributed by atoms with Gasteiger partial charge in [0, 0.05) is 6.61 Å². The predicted octanol–water partition coefficient (Wildman–Crippen LogP) is 6.17. The summed E-state index contributed by atoms with van der Waals surface area (Å²) in [6.07, 6.45) is 23.6. The highest BCUT2D eigenvalue weighted by Gasteiger charge is 2.22. The molecule has 0 bridgehead atoms. The lowest BCUT2D eigenvalue weighted by atomic mass is 10.00. The molecule has 1 heterocycles. The van der Waals surface area contributed by atoms with Crippen LogP contribution in [0.1, 0.15) is 103 Å². The highest BCUT2D eigenvalue weighted by Crippen LogP contribution is 2.19. The summed E-state index contributed by atoms with van der Waals surface area (Å²) < 4.78 is 5.64. The van der Waals surface area contributed by atoms with Crippen molar-refractivity contribution in [2.24, 2.45) is 0 Å². The fourth-order valence-corrected chi connectivity index (χ4v) is 3.34. The Morgan fingerprint density at radius 3 is 2.13 bits per heavy atom. The normalized spacial score (nSPS) is 22.0. The van der Waals surface area contributed by atoms with Crippen molar-refractivity contribution in [2.45, 2.75) is 115 Å². The molecule has 1 aliphatic heterocycles. The van der Waals surface area contributed by atoms with Gasteiger partial charge in [-0.3, -0.25) is 0 Å². The predicted molar refractivity (Wildman–Crippen MR) is 99.8 cm³/mol. The monoisotopic (exact) mass is 324 g/mol. The van der Waals surface area contributed by atoms with Crippen LogP contribution in [0.25, 0.3) is 0 Å². The summed E-state index contributed by atoms with van der Waals surface area (Å²) >= 11 is 0. The van der Waals surface area contributed by atoms with Gasteiger partial charge in [0.05, 0.1) is 12.2 Å². The van der Waals surface area contributed by atoms with Crippen LogP contribution in [0.3, 0.4) is 0 Å². The Morgan fingerprint density at radius 2 is 1.48 bits per heavy atom. The molecule has 2 unspecified atom stereocenters. The van der Waals surface area contributed by atoms with Gasteiger partial charge in [-0.05, 0) is 44.9 Å². The Labute approximate surface area is 144 Å². The molecule has 2 nitrogen and oxygen atoms in total. The van der Waals surface area contributed by atoms with E-state index in [0.717, 1.165) is 25.9 Å². The van der Waals surface area contributed by atoms with Crippen LogP contribution in [-0.2, 0) is 4.74 Å². The minimum absolute atomic E-state index is 0.102. The first-order valence-corrected chi connectivity index (χ1v) is 10.3. The number of aliphatic hydroxyl groups excluding tert-OH is 1. The molecule has 23 heavy (non-hydrogen) atoms. The molecule has 1 fully saturated rings. The smallest absolute Gasteiger partial charge is 0.0833 e. The van der Waals surface area contributed by atoms with Crippen molar-refractivity contribution in [3.63, 3.8) is 0 Å². The average Bonchev–Trinajstić information content (AvgIpc) is 2.57. The van der Waals surface area contributed by atoms with Crippen LogP contribution < -0.4 is 0 Å². The topological polar surface area (TPSA) is 29.5 Å². The highest BCUT2D eigenvalue weighted by atomic mass is 16.5. The molecule has 0 aromatic heterocycles. The molecule has 1 rings (SSSR count). The lowest BCUT2D eigenvalue weighted by Crippen LogP contribution is -2.33. The average molecular weight is 325 g/mol. The lowest BCUT2D eigenvalue weighted by molar-refractivity contribution is -0.0775. The zero-order valence-corrected chi connectivity index (χ0v) is 15.5. The second-order valence-corrected chi connectivity index (χ2v) is 7.14. The second-order valence-electron chi connectivity index (χ2n) is 7.14. The summed E-state index contributed by atoms with van der Waals surface area (Å²) in [7, 11) is 0. The minimum Gasteiger partial charge on any atom is -0.390 e. The van der Waals surface area contributed by atoms with Gasteiger partial charge in [-0.1, -0.05) is 70.4 Å². The number of aliphatic hydroxyl groups is 1. The van der Waals surface area contributed by atoms with Crippen LogP contribution in [0.15, 0.2) is 12.2 Å². The van der Waals surface area contributed by atoms with E-state index in [4.69, 9.17) is 4.74 Å². The first-order chi connectivity index (χ1) is 11.3. The molecule has 1 N–H and O–H groups in total. The first-order valence-electron chi connectivity index (χ1n) is 10.3. The largest absolute Gasteiger partial charge is 0.390 e. The number of allylic oxidation sites excluding steroid dienone is 2. The Kier molecular flexibility index (Phi) is 13.7. The van der Waals surface area contributed by atoms with Crippen molar-refractivity contribution < 1.29 is 9.84 Å². The summed E-state index contributed by atoms with van der Waals surface area (Å²) in [5.74, 6) is 0. The highest BCUT2D eigenvalue weighted by molar-refractivity contribution is 4.82. The van der Waals surface area contributed by atoms with E-state index in [-0.39, 0.29) is 12.2 Å². The van der Waals surface area contributed by atoms with Gasteiger partial charge in [-0.25, -0.2) is 0 Å². The fourth-order valence-electron chi connectivity index (χ4n) is 3.34. The summed E-state index contributed by atoms with van der Waals surface area (Å²) in [5, 5.41) is 9.83. The van der Waals surface area contributed by atoms with Crippen LogP contribution in [-0.4, -0.2) is 23.9 Å². The molecule has 2 atom stereocenters. The number of hydrogen-bond donors (Lipinski definition) is 1. The van der Waals surface area contributed by atoms with E-state index in [9.17, 15) is 5.11 Å². The maximum Gasteiger partial charge on any atom is 0.0833 e. The Balaban J connectivity index is 1.80. The first kappa shape index (κ1) is 20.7. The molecule has 0 aromatic carbocycles. The van der Waals surface area contributed by atoms with Gasteiger partial charge in [-0.15, -0.1) is 0 Å². The summed E-state index contributed by atoms with van der Waals surface area (Å²) in [6, 6.07) is 0. The summed E-state index contributed by atoms with van der Waals surface area (Å²) in [5.41, 5.74) is 0. The van der Waals surface area contributed by atoms with E-state index in [1.54, 1.807) is 0 Å². The lowest BCUT2D eigenvalue weighted by Gasteiger charge is -2.27. The molecule has 1 aliphatic rings. The molecular weight excluding hydrogens is 284 g/mol. The molecule has 0 spiro atoms. The van der Waals surface area contributed by atoms with E-state index in [2.05, 4.69) is 19.1 Å². The minimum atomic E-state index is -0.221. The van der Waals surface area contributed by atoms with Gasteiger partial charge in [-0.2, -0.15) is 0 Å². The summed E-state index contributed by atoms with van der Waals surface area (Å²) in [6.45, 7) is 3.11. The van der Waals surface area contributed by atoms with E-state index in [1.807, 2.05) is 0 Å². The fraction of sp³-hybridized carbons (Fsp3) is 0.905. The molecule has 0 aliphatic carbocycles. The molecule has 2 heteroatoms. The molecular formula is C21H40O2. The maximum atomic E-state index is 9.83. The van der Waals surface area contributed by atoms with E-state index in [1.165, 1.54) is 77.0 Å². The van der Waals surface area contributed by atoms with Gasteiger partial charge in [0.15, 0.2) is 0 Å². The third-order valence-electron chi connectivity index (χ3n) is 4.91. The van der Waals surface area contributed by atoms with E-state index < -0.39 is 0 Å². The second kappa shape index (κ2) is 15.2. The van der Waals surface area contributed by atoms with Crippen LogP contribution in [0.4, 0.5) is 0 Å². The SMILES string of the molecule is CCCCCCCCCCC=CCCCCC1OCCCC1O. The van der Waals surface area contributed by atoms with Crippen LogP contribution in [0.5, 0.6) is 0 Å². The Hall–Kier alpha value is -0.340. The molecule has 1 saturated heterocycles. The third-order valence-corrected chi connectivity index (χ3v) is 4.91. The van der Waals surface area contributed by atoms with Gasteiger partial charge >= 0.3 is 0 Å². The van der Waals surface area contributed by atoms with Crippen molar-refractivity contribution in [3.8, 4) is 0 Å².